The third-order valence-corrected chi connectivity index (χ3v) is 3.86. The predicted octanol–water partition coefficient (Wildman–Crippen LogP) is 2.33. The van der Waals surface area contributed by atoms with Crippen LogP contribution in [0.25, 0.3) is 5.65 Å². The molecule has 3 aromatic rings. The Morgan fingerprint density at radius 2 is 1.85 bits per heavy atom. The molecule has 0 fully saturated rings. The van der Waals surface area contributed by atoms with Crippen LogP contribution >= 0.6 is 0 Å². The SMILES string of the molecule is CC(=O)c1ccc(OCC(=O)OCc2cc(=O)n3cc(C)ccc3n2)cc1. The number of pyridine rings is 1. The Kier molecular flexibility index (Phi) is 5.30. The van der Waals surface area contributed by atoms with E-state index in [1.807, 2.05) is 13.0 Å². The van der Waals surface area contributed by atoms with Crippen LogP contribution in [-0.2, 0) is 16.1 Å². The zero-order chi connectivity index (χ0) is 19.4. The summed E-state index contributed by atoms with van der Waals surface area (Å²) >= 11 is 0. The number of carbonyl (C=O) groups is 2. The first-order valence-electron chi connectivity index (χ1n) is 8.31. The molecule has 7 heteroatoms. The minimum Gasteiger partial charge on any atom is -0.482 e. The van der Waals surface area contributed by atoms with Gasteiger partial charge in [-0.15, -0.1) is 0 Å². The van der Waals surface area contributed by atoms with Crippen molar-refractivity contribution in [3.8, 4) is 5.75 Å². The number of ketones is 1. The Labute approximate surface area is 155 Å². The molecule has 0 atom stereocenters. The van der Waals surface area contributed by atoms with Crippen LogP contribution in [-0.4, -0.2) is 27.7 Å². The van der Waals surface area contributed by atoms with E-state index in [1.165, 1.54) is 17.4 Å². The van der Waals surface area contributed by atoms with Gasteiger partial charge in [-0.1, -0.05) is 6.07 Å². The molecule has 2 aromatic heterocycles. The molecule has 0 aliphatic carbocycles. The molecule has 2 heterocycles. The Bertz CT molecular complexity index is 1050. The molecular weight excluding hydrogens is 348 g/mol. The van der Waals surface area contributed by atoms with E-state index in [1.54, 1.807) is 36.5 Å². The summed E-state index contributed by atoms with van der Waals surface area (Å²) < 4.78 is 11.9. The van der Waals surface area contributed by atoms with Gasteiger partial charge >= 0.3 is 5.97 Å². The summed E-state index contributed by atoms with van der Waals surface area (Å²) in [7, 11) is 0. The second-order valence-corrected chi connectivity index (χ2v) is 6.05. The lowest BCUT2D eigenvalue weighted by molar-refractivity contribution is -0.147. The van der Waals surface area contributed by atoms with Gasteiger partial charge < -0.3 is 9.47 Å². The van der Waals surface area contributed by atoms with E-state index in [9.17, 15) is 14.4 Å². The van der Waals surface area contributed by atoms with Gasteiger partial charge in [0.15, 0.2) is 12.4 Å². The molecule has 0 bridgehead atoms. The van der Waals surface area contributed by atoms with Gasteiger partial charge in [0.2, 0.25) is 0 Å². The van der Waals surface area contributed by atoms with E-state index < -0.39 is 5.97 Å². The zero-order valence-corrected chi connectivity index (χ0v) is 15.0. The molecule has 0 radical (unpaired) electrons. The number of rotatable bonds is 6. The van der Waals surface area contributed by atoms with Gasteiger partial charge in [-0.2, -0.15) is 0 Å². The highest BCUT2D eigenvalue weighted by atomic mass is 16.6. The van der Waals surface area contributed by atoms with Crippen LogP contribution in [0.2, 0.25) is 0 Å². The monoisotopic (exact) mass is 366 g/mol. The van der Waals surface area contributed by atoms with Crippen molar-refractivity contribution < 1.29 is 19.1 Å². The first-order valence-corrected chi connectivity index (χ1v) is 8.31. The molecule has 0 saturated carbocycles. The van der Waals surface area contributed by atoms with Crippen molar-refractivity contribution >= 4 is 17.4 Å². The lowest BCUT2D eigenvalue weighted by Gasteiger charge is -2.08. The van der Waals surface area contributed by atoms with Crippen LogP contribution in [0.3, 0.4) is 0 Å². The highest BCUT2D eigenvalue weighted by Gasteiger charge is 2.08. The molecule has 0 amide bonds. The van der Waals surface area contributed by atoms with Crippen LogP contribution in [0.1, 0.15) is 28.5 Å². The first kappa shape index (κ1) is 18.3. The van der Waals surface area contributed by atoms with Gasteiger partial charge in [0, 0.05) is 17.8 Å². The summed E-state index contributed by atoms with van der Waals surface area (Å²) in [5, 5.41) is 0. The highest BCUT2D eigenvalue weighted by molar-refractivity contribution is 5.94. The smallest absolute Gasteiger partial charge is 0.344 e. The molecule has 0 spiro atoms. The summed E-state index contributed by atoms with van der Waals surface area (Å²) in [5.74, 6) is -0.180. The van der Waals surface area contributed by atoms with Crippen molar-refractivity contribution in [3.05, 3.63) is 75.8 Å². The molecule has 0 N–H and O–H groups in total. The van der Waals surface area contributed by atoms with Gasteiger partial charge in [0.05, 0.1) is 5.69 Å². The Hall–Kier alpha value is -3.48. The Balaban J connectivity index is 1.57. The maximum Gasteiger partial charge on any atom is 0.344 e. The maximum atomic E-state index is 12.1. The number of aromatic nitrogens is 2. The summed E-state index contributed by atoms with van der Waals surface area (Å²) in [6.07, 6.45) is 1.70. The quantitative estimate of drug-likeness (QED) is 0.492. The predicted molar refractivity (Wildman–Crippen MR) is 97.9 cm³/mol. The number of fused-ring (bicyclic) bond motifs is 1. The molecule has 0 aliphatic heterocycles. The highest BCUT2D eigenvalue weighted by Crippen LogP contribution is 2.12. The van der Waals surface area contributed by atoms with Crippen molar-refractivity contribution in [3.63, 3.8) is 0 Å². The standard InChI is InChI=1S/C20H18N2O5/c1-13-3-8-18-21-16(9-19(24)22(18)10-13)11-27-20(25)12-26-17-6-4-15(5-7-17)14(2)23/h3-10H,11-12H2,1-2H3. The van der Waals surface area contributed by atoms with Crippen molar-refractivity contribution in [1.82, 2.24) is 9.38 Å². The van der Waals surface area contributed by atoms with E-state index in [0.29, 0.717) is 22.7 Å². The number of nitrogens with zero attached hydrogens (tertiary/aromatic N) is 2. The number of ether oxygens (including phenoxy) is 2. The molecular formula is C20H18N2O5. The maximum absolute atomic E-state index is 12.1. The molecule has 0 aliphatic rings. The molecule has 138 valence electrons. The largest absolute Gasteiger partial charge is 0.482 e. The van der Waals surface area contributed by atoms with Gasteiger partial charge in [-0.3, -0.25) is 14.0 Å². The minimum atomic E-state index is -0.587. The number of hydrogen-bond acceptors (Lipinski definition) is 6. The van der Waals surface area contributed by atoms with Crippen LogP contribution in [0.4, 0.5) is 0 Å². The van der Waals surface area contributed by atoms with Crippen LogP contribution < -0.4 is 10.3 Å². The minimum absolute atomic E-state index is 0.0464. The molecule has 27 heavy (non-hydrogen) atoms. The van der Waals surface area contributed by atoms with E-state index in [-0.39, 0.29) is 24.6 Å². The zero-order valence-electron chi connectivity index (χ0n) is 15.0. The number of carbonyl (C=O) groups excluding carboxylic acids is 2. The van der Waals surface area contributed by atoms with Crippen molar-refractivity contribution in [2.75, 3.05) is 6.61 Å². The van der Waals surface area contributed by atoms with Crippen molar-refractivity contribution in [2.45, 2.75) is 20.5 Å². The summed E-state index contributed by atoms with van der Waals surface area (Å²) in [6.45, 7) is 2.95. The summed E-state index contributed by atoms with van der Waals surface area (Å²) in [6, 6.07) is 11.4. The van der Waals surface area contributed by atoms with Crippen LogP contribution in [0.5, 0.6) is 5.75 Å². The van der Waals surface area contributed by atoms with E-state index in [2.05, 4.69) is 4.98 Å². The van der Waals surface area contributed by atoms with Gasteiger partial charge in [-0.05, 0) is 49.7 Å². The number of hydrogen-bond donors (Lipinski definition) is 0. The van der Waals surface area contributed by atoms with Gasteiger partial charge in [-0.25, -0.2) is 9.78 Å². The van der Waals surface area contributed by atoms with Crippen molar-refractivity contribution in [1.29, 1.82) is 0 Å². The lowest BCUT2D eigenvalue weighted by Crippen LogP contribution is -2.18. The number of aryl methyl sites for hydroxylation is 1. The third-order valence-electron chi connectivity index (χ3n) is 3.86. The molecule has 1 aromatic carbocycles. The lowest BCUT2D eigenvalue weighted by atomic mass is 10.1. The van der Waals surface area contributed by atoms with Crippen LogP contribution in [0.15, 0.2) is 53.5 Å². The fraction of sp³-hybridized carbons (Fsp3) is 0.200. The van der Waals surface area contributed by atoms with Crippen LogP contribution in [0, 0.1) is 6.92 Å². The normalized spacial score (nSPS) is 10.6. The van der Waals surface area contributed by atoms with Crippen molar-refractivity contribution in [2.24, 2.45) is 0 Å². The molecule has 3 rings (SSSR count). The second kappa shape index (κ2) is 7.82. The fourth-order valence-electron chi connectivity index (χ4n) is 2.46. The van der Waals surface area contributed by atoms with Gasteiger partial charge in [0.1, 0.15) is 18.0 Å². The molecule has 7 nitrogen and oxygen atoms in total. The van der Waals surface area contributed by atoms with E-state index >= 15 is 0 Å². The fourth-order valence-corrected chi connectivity index (χ4v) is 2.46. The number of benzene rings is 1. The third kappa shape index (κ3) is 4.58. The van der Waals surface area contributed by atoms with Gasteiger partial charge in [0.25, 0.3) is 5.56 Å². The Morgan fingerprint density at radius 3 is 2.56 bits per heavy atom. The topological polar surface area (TPSA) is 87.0 Å². The molecule has 0 saturated heterocycles. The summed E-state index contributed by atoms with van der Waals surface area (Å²) in [4.78, 5) is 39.5. The number of Topliss-reactive ketones (excluding diaryl/α,β-unsaturated/α-hetero) is 1. The number of esters is 1. The summed E-state index contributed by atoms with van der Waals surface area (Å²) in [5.41, 5.74) is 2.12. The Morgan fingerprint density at radius 1 is 1.11 bits per heavy atom. The average Bonchev–Trinajstić information content (AvgIpc) is 2.65. The van der Waals surface area contributed by atoms with E-state index in [0.717, 1.165) is 5.56 Å². The second-order valence-electron chi connectivity index (χ2n) is 6.05. The average molecular weight is 366 g/mol. The first-order chi connectivity index (χ1) is 12.9. The van der Waals surface area contributed by atoms with E-state index in [4.69, 9.17) is 9.47 Å². The molecule has 0 unspecified atom stereocenters.